The van der Waals surface area contributed by atoms with Crippen molar-refractivity contribution in [2.24, 2.45) is 5.41 Å². The standard InChI is InChI=1S/C18H21N3O3S/c22-17(15-10-25-13-20-15)21-7-3-16-18(11-21,4-8-24-16)12-23-9-14-1-5-19-6-2-14/h1-2,5-6,10,13,16H,3-4,7-9,11-12H2/t16-,18+/m0/s1. The molecule has 7 heteroatoms. The van der Waals surface area contributed by atoms with Gasteiger partial charge in [-0.15, -0.1) is 11.3 Å². The van der Waals surface area contributed by atoms with E-state index in [4.69, 9.17) is 9.47 Å². The van der Waals surface area contributed by atoms with Gasteiger partial charge in [0.2, 0.25) is 0 Å². The van der Waals surface area contributed by atoms with Crippen LogP contribution in [-0.4, -0.2) is 53.2 Å². The number of amides is 1. The molecule has 0 bridgehead atoms. The zero-order valence-corrected chi connectivity index (χ0v) is 14.8. The molecule has 0 aromatic carbocycles. The molecule has 2 saturated heterocycles. The molecular weight excluding hydrogens is 338 g/mol. The molecule has 2 fully saturated rings. The second-order valence-electron chi connectivity index (χ2n) is 6.71. The minimum Gasteiger partial charge on any atom is -0.377 e. The third-order valence-corrected chi connectivity index (χ3v) is 5.70. The molecule has 2 aliphatic heterocycles. The number of pyridine rings is 1. The maximum atomic E-state index is 12.7. The van der Waals surface area contributed by atoms with Crippen molar-refractivity contribution < 1.29 is 14.3 Å². The predicted molar refractivity (Wildman–Crippen MR) is 93.3 cm³/mol. The van der Waals surface area contributed by atoms with Crippen LogP contribution in [0.1, 0.15) is 28.9 Å². The highest BCUT2D eigenvalue weighted by atomic mass is 32.1. The molecule has 0 N–H and O–H groups in total. The molecule has 25 heavy (non-hydrogen) atoms. The molecule has 132 valence electrons. The van der Waals surface area contributed by atoms with E-state index in [1.807, 2.05) is 22.4 Å². The van der Waals surface area contributed by atoms with Crippen LogP contribution in [0.4, 0.5) is 0 Å². The number of ether oxygens (including phenoxy) is 2. The fourth-order valence-electron chi connectivity index (χ4n) is 3.76. The number of hydrogen-bond acceptors (Lipinski definition) is 6. The summed E-state index contributed by atoms with van der Waals surface area (Å²) in [5.41, 5.74) is 3.23. The summed E-state index contributed by atoms with van der Waals surface area (Å²) in [5, 5.41) is 1.81. The average molecular weight is 359 g/mol. The van der Waals surface area contributed by atoms with Crippen LogP contribution in [0.15, 0.2) is 35.4 Å². The van der Waals surface area contributed by atoms with E-state index in [-0.39, 0.29) is 17.4 Å². The zero-order valence-electron chi connectivity index (χ0n) is 14.0. The SMILES string of the molecule is O=C(c1cscn1)N1CC[C@@H]2OCC[C@]2(COCc2ccncc2)C1. The predicted octanol–water partition coefficient (Wildman–Crippen LogP) is 2.38. The first-order chi connectivity index (χ1) is 12.3. The summed E-state index contributed by atoms with van der Waals surface area (Å²) in [4.78, 5) is 22.8. The molecule has 6 nitrogen and oxygen atoms in total. The smallest absolute Gasteiger partial charge is 0.273 e. The quantitative estimate of drug-likeness (QED) is 0.820. The first-order valence-electron chi connectivity index (χ1n) is 8.53. The molecule has 0 unspecified atom stereocenters. The number of aromatic nitrogens is 2. The van der Waals surface area contributed by atoms with E-state index >= 15 is 0 Å². The van der Waals surface area contributed by atoms with Gasteiger partial charge >= 0.3 is 0 Å². The number of piperidine rings is 1. The van der Waals surface area contributed by atoms with Gasteiger partial charge in [0.25, 0.3) is 5.91 Å². The topological polar surface area (TPSA) is 64.6 Å². The van der Waals surface area contributed by atoms with Crippen molar-refractivity contribution in [1.29, 1.82) is 0 Å². The maximum Gasteiger partial charge on any atom is 0.273 e. The summed E-state index contributed by atoms with van der Waals surface area (Å²) in [6.45, 7) is 3.28. The van der Waals surface area contributed by atoms with Crippen molar-refractivity contribution >= 4 is 17.2 Å². The second kappa shape index (κ2) is 7.19. The number of likely N-dealkylation sites (tertiary alicyclic amines) is 1. The molecule has 2 aliphatic rings. The molecule has 1 amide bonds. The van der Waals surface area contributed by atoms with Gasteiger partial charge in [0.05, 0.1) is 24.8 Å². The fourth-order valence-corrected chi connectivity index (χ4v) is 4.29. The van der Waals surface area contributed by atoms with Crippen molar-refractivity contribution in [2.45, 2.75) is 25.6 Å². The van der Waals surface area contributed by atoms with Crippen molar-refractivity contribution in [1.82, 2.24) is 14.9 Å². The van der Waals surface area contributed by atoms with Crippen LogP contribution < -0.4 is 0 Å². The highest BCUT2D eigenvalue weighted by Crippen LogP contribution is 2.41. The maximum absolute atomic E-state index is 12.7. The highest BCUT2D eigenvalue weighted by Gasteiger charge is 2.49. The van der Waals surface area contributed by atoms with E-state index in [1.54, 1.807) is 17.9 Å². The highest BCUT2D eigenvalue weighted by molar-refractivity contribution is 7.07. The molecule has 0 saturated carbocycles. The monoisotopic (exact) mass is 359 g/mol. The first-order valence-corrected chi connectivity index (χ1v) is 9.47. The Hall–Kier alpha value is -1.83. The van der Waals surface area contributed by atoms with Gasteiger partial charge in [-0.05, 0) is 30.5 Å². The van der Waals surface area contributed by atoms with E-state index in [0.29, 0.717) is 32.0 Å². The summed E-state index contributed by atoms with van der Waals surface area (Å²) >= 11 is 1.45. The van der Waals surface area contributed by atoms with Gasteiger partial charge in [-0.25, -0.2) is 4.98 Å². The van der Waals surface area contributed by atoms with Gasteiger partial charge in [-0.2, -0.15) is 0 Å². The molecule has 2 aromatic rings. The minimum absolute atomic E-state index is 0.0140. The average Bonchev–Trinajstić information content (AvgIpc) is 3.31. The van der Waals surface area contributed by atoms with Crippen molar-refractivity contribution in [2.75, 3.05) is 26.3 Å². The number of rotatable bonds is 5. The molecule has 0 radical (unpaired) electrons. The van der Waals surface area contributed by atoms with E-state index in [9.17, 15) is 4.79 Å². The van der Waals surface area contributed by atoms with Crippen LogP contribution in [0.2, 0.25) is 0 Å². The largest absolute Gasteiger partial charge is 0.377 e. The zero-order chi connectivity index (χ0) is 17.1. The van der Waals surface area contributed by atoms with Crippen LogP contribution >= 0.6 is 11.3 Å². The molecule has 0 spiro atoms. The Labute approximate surface area is 150 Å². The van der Waals surface area contributed by atoms with Crippen LogP contribution in [0.5, 0.6) is 0 Å². The summed E-state index contributed by atoms with van der Waals surface area (Å²) in [6.07, 6.45) is 5.49. The van der Waals surface area contributed by atoms with Crippen molar-refractivity contribution in [3.8, 4) is 0 Å². The summed E-state index contributed by atoms with van der Waals surface area (Å²) < 4.78 is 12.0. The first kappa shape index (κ1) is 16.6. The lowest BCUT2D eigenvalue weighted by Crippen LogP contribution is -2.53. The lowest BCUT2D eigenvalue weighted by molar-refractivity contribution is -0.0602. The van der Waals surface area contributed by atoms with E-state index in [1.165, 1.54) is 11.3 Å². The van der Waals surface area contributed by atoms with Gasteiger partial charge in [0, 0.05) is 42.9 Å². The second-order valence-corrected chi connectivity index (χ2v) is 7.43. The van der Waals surface area contributed by atoms with E-state index < -0.39 is 0 Å². The van der Waals surface area contributed by atoms with Crippen LogP contribution in [0, 0.1) is 5.41 Å². The van der Waals surface area contributed by atoms with E-state index in [2.05, 4.69) is 9.97 Å². The van der Waals surface area contributed by atoms with Crippen LogP contribution in [-0.2, 0) is 16.1 Å². The molecule has 2 aromatic heterocycles. The Balaban J connectivity index is 1.43. The Bertz CT molecular complexity index is 710. The van der Waals surface area contributed by atoms with Crippen LogP contribution in [0.3, 0.4) is 0 Å². The fraction of sp³-hybridized carbons (Fsp3) is 0.500. The third-order valence-electron chi connectivity index (χ3n) is 5.12. The Morgan fingerprint density at radius 2 is 2.32 bits per heavy atom. The molecular formula is C18H21N3O3S. The third kappa shape index (κ3) is 3.44. The number of nitrogens with zero attached hydrogens (tertiary/aromatic N) is 3. The minimum atomic E-state index is -0.114. The lowest BCUT2D eigenvalue weighted by Gasteiger charge is -2.43. The number of hydrogen-bond donors (Lipinski definition) is 0. The van der Waals surface area contributed by atoms with Gasteiger partial charge in [0.1, 0.15) is 5.69 Å². The summed E-state index contributed by atoms with van der Waals surface area (Å²) in [6, 6.07) is 3.92. The Kier molecular flexibility index (Phi) is 4.78. The molecule has 4 heterocycles. The van der Waals surface area contributed by atoms with Gasteiger partial charge < -0.3 is 14.4 Å². The molecule has 2 atom stereocenters. The molecule has 4 rings (SSSR count). The normalized spacial score (nSPS) is 25.8. The number of carbonyl (C=O) groups excluding carboxylic acids is 1. The summed E-state index contributed by atoms with van der Waals surface area (Å²) in [5.74, 6) is 0.0140. The van der Waals surface area contributed by atoms with Crippen LogP contribution in [0.25, 0.3) is 0 Å². The van der Waals surface area contributed by atoms with E-state index in [0.717, 1.165) is 25.0 Å². The Morgan fingerprint density at radius 1 is 1.44 bits per heavy atom. The number of thiazole rings is 1. The summed E-state index contributed by atoms with van der Waals surface area (Å²) in [7, 11) is 0. The van der Waals surface area contributed by atoms with Gasteiger partial charge in [-0.3, -0.25) is 9.78 Å². The lowest BCUT2D eigenvalue weighted by atomic mass is 9.77. The van der Waals surface area contributed by atoms with Gasteiger partial charge in [-0.1, -0.05) is 0 Å². The number of carbonyl (C=O) groups is 1. The van der Waals surface area contributed by atoms with Crippen molar-refractivity contribution in [3.05, 3.63) is 46.7 Å². The molecule has 0 aliphatic carbocycles. The van der Waals surface area contributed by atoms with Crippen molar-refractivity contribution in [3.63, 3.8) is 0 Å². The van der Waals surface area contributed by atoms with Gasteiger partial charge in [0.15, 0.2) is 0 Å². The number of fused-ring (bicyclic) bond motifs is 1. The Morgan fingerprint density at radius 3 is 3.12 bits per heavy atom.